The molecular weight excluding hydrogens is 324 g/mol. The average molecular weight is 346 g/mol. The molecule has 1 aliphatic carbocycles. The van der Waals surface area contributed by atoms with Crippen molar-refractivity contribution in [3.63, 3.8) is 0 Å². The van der Waals surface area contributed by atoms with Crippen LogP contribution in [0.2, 0.25) is 0 Å². The van der Waals surface area contributed by atoms with Crippen LogP contribution in [0.1, 0.15) is 25.3 Å². The Morgan fingerprint density at radius 3 is 2.46 bits per heavy atom. The Balaban J connectivity index is 1.98. The van der Waals surface area contributed by atoms with E-state index in [1.54, 1.807) is 4.31 Å². The third-order valence-electron chi connectivity index (χ3n) is 4.55. The highest BCUT2D eigenvalue weighted by atomic mass is 32.2. The van der Waals surface area contributed by atoms with E-state index in [9.17, 15) is 13.5 Å². The number of nitrogen functional groups attached to an aromatic ring is 1. The first kappa shape index (κ1) is 16.8. The molecule has 0 bridgehead atoms. The fourth-order valence-corrected chi connectivity index (χ4v) is 4.57. The summed E-state index contributed by atoms with van der Waals surface area (Å²) in [6.07, 6.45) is 2.11. The highest BCUT2D eigenvalue weighted by Crippen LogP contribution is 2.38. The van der Waals surface area contributed by atoms with Gasteiger partial charge in [0.05, 0.1) is 10.6 Å². The third-order valence-corrected chi connectivity index (χ3v) is 6.47. The second-order valence-electron chi connectivity index (χ2n) is 6.33. The number of hydrogen-bond acceptors (Lipinski definition) is 4. The Morgan fingerprint density at radius 1 is 1.21 bits per heavy atom. The molecule has 1 atom stereocenters. The van der Waals surface area contributed by atoms with Gasteiger partial charge in [0.25, 0.3) is 0 Å². The molecule has 2 aromatic rings. The summed E-state index contributed by atoms with van der Waals surface area (Å²) in [7, 11) is -3.70. The SMILES string of the molecule is CC(C1CC1)N(Cc1ccccc1)S(=O)(=O)c1ccc(O)c(N)c1. The van der Waals surface area contributed by atoms with Crippen LogP contribution in [-0.4, -0.2) is 23.9 Å². The lowest BCUT2D eigenvalue weighted by Gasteiger charge is -2.28. The number of aromatic hydroxyl groups is 1. The summed E-state index contributed by atoms with van der Waals surface area (Å²) in [6, 6.07) is 13.5. The van der Waals surface area contributed by atoms with Crippen LogP contribution in [0, 0.1) is 5.92 Å². The predicted octanol–water partition coefficient (Wildman–Crippen LogP) is 2.96. The number of nitrogens with two attached hydrogens (primary N) is 1. The van der Waals surface area contributed by atoms with Crippen molar-refractivity contribution in [2.75, 3.05) is 5.73 Å². The van der Waals surface area contributed by atoms with Crippen LogP contribution < -0.4 is 5.73 Å². The van der Waals surface area contributed by atoms with Crippen molar-refractivity contribution in [2.45, 2.75) is 37.2 Å². The van der Waals surface area contributed by atoms with E-state index >= 15 is 0 Å². The number of nitrogens with zero attached hydrogens (tertiary/aromatic N) is 1. The summed E-state index contributed by atoms with van der Waals surface area (Å²) in [4.78, 5) is 0.112. The van der Waals surface area contributed by atoms with E-state index in [2.05, 4.69) is 0 Å². The normalized spacial score (nSPS) is 16.2. The zero-order valence-corrected chi connectivity index (χ0v) is 14.4. The minimum Gasteiger partial charge on any atom is -0.506 e. The molecule has 3 N–H and O–H groups in total. The van der Waals surface area contributed by atoms with E-state index in [1.165, 1.54) is 18.2 Å². The van der Waals surface area contributed by atoms with Crippen LogP contribution in [0.25, 0.3) is 0 Å². The van der Waals surface area contributed by atoms with Crippen LogP contribution in [0.15, 0.2) is 53.4 Å². The first-order chi connectivity index (χ1) is 11.4. The first-order valence-electron chi connectivity index (χ1n) is 8.04. The quantitative estimate of drug-likeness (QED) is 0.622. The van der Waals surface area contributed by atoms with Gasteiger partial charge in [-0.3, -0.25) is 0 Å². The molecule has 3 rings (SSSR count). The molecule has 128 valence electrons. The molecule has 1 aliphatic rings. The van der Waals surface area contributed by atoms with E-state index in [4.69, 9.17) is 5.73 Å². The van der Waals surface area contributed by atoms with Gasteiger partial charge in [0.2, 0.25) is 10.0 Å². The summed E-state index contributed by atoms with van der Waals surface area (Å²) in [5.74, 6) is 0.289. The van der Waals surface area contributed by atoms with E-state index < -0.39 is 10.0 Å². The second-order valence-corrected chi connectivity index (χ2v) is 8.23. The highest BCUT2D eigenvalue weighted by Gasteiger charge is 2.38. The van der Waals surface area contributed by atoms with Gasteiger partial charge in [-0.2, -0.15) is 4.31 Å². The van der Waals surface area contributed by atoms with Gasteiger partial charge < -0.3 is 10.8 Å². The molecule has 24 heavy (non-hydrogen) atoms. The molecule has 0 heterocycles. The maximum atomic E-state index is 13.2. The molecule has 2 aromatic carbocycles. The van der Waals surface area contributed by atoms with E-state index in [1.807, 2.05) is 37.3 Å². The van der Waals surface area contributed by atoms with Gasteiger partial charge in [0.1, 0.15) is 5.75 Å². The van der Waals surface area contributed by atoms with Crippen molar-refractivity contribution in [1.82, 2.24) is 4.31 Å². The maximum Gasteiger partial charge on any atom is 0.243 e. The molecular formula is C18H22N2O3S. The fraction of sp³-hybridized carbons (Fsp3) is 0.333. The van der Waals surface area contributed by atoms with Crippen LogP contribution in [0.5, 0.6) is 5.75 Å². The van der Waals surface area contributed by atoms with Crippen LogP contribution in [-0.2, 0) is 16.6 Å². The molecule has 1 fully saturated rings. The smallest absolute Gasteiger partial charge is 0.243 e. The van der Waals surface area contributed by atoms with Gasteiger partial charge in [-0.25, -0.2) is 8.42 Å². The van der Waals surface area contributed by atoms with Crippen molar-refractivity contribution in [3.05, 3.63) is 54.1 Å². The lowest BCUT2D eigenvalue weighted by atomic mass is 10.2. The lowest BCUT2D eigenvalue weighted by Crippen LogP contribution is -2.39. The maximum absolute atomic E-state index is 13.2. The second kappa shape index (κ2) is 6.45. The van der Waals surface area contributed by atoms with Gasteiger partial charge in [0, 0.05) is 12.6 Å². The Kier molecular flexibility index (Phi) is 4.51. The van der Waals surface area contributed by atoms with Crippen LogP contribution in [0.4, 0.5) is 5.69 Å². The number of phenols is 1. The largest absolute Gasteiger partial charge is 0.506 e. The highest BCUT2D eigenvalue weighted by molar-refractivity contribution is 7.89. The monoisotopic (exact) mass is 346 g/mol. The number of benzene rings is 2. The zero-order chi connectivity index (χ0) is 17.3. The molecule has 0 aromatic heterocycles. The zero-order valence-electron chi connectivity index (χ0n) is 13.6. The van der Waals surface area contributed by atoms with Crippen molar-refractivity contribution in [1.29, 1.82) is 0 Å². The lowest BCUT2D eigenvalue weighted by molar-refractivity contribution is 0.303. The number of anilines is 1. The molecule has 0 amide bonds. The number of hydrogen-bond donors (Lipinski definition) is 2. The summed E-state index contributed by atoms with van der Waals surface area (Å²) in [6.45, 7) is 2.28. The summed E-state index contributed by atoms with van der Waals surface area (Å²) in [5.41, 5.74) is 6.69. The summed E-state index contributed by atoms with van der Waals surface area (Å²) in [5, 5.41) is 9.56. The van der Waals surface area contributed by atoms with Crippen molar-refractivity contribution in [2.24, 2.45) is 5.92 Å². The Morgan fingerprint density at radius 2 is 1.88 bits per heavy atom. The summed E-state index contributed by atoms with van der Waals surface area (Å²) < 4.78 is 27.9. The van der Waals surface area contributed by atoms with Crippen molar-refractivity contribution in [3.8, 4) is 5.75 Å². The minimum atomic E-state index is -3.70. The molecule has 0 spiro atoms. The first-order valence-corrected chi connectivity index (χ1v) is 9.48. The Hall–Kier alpha value is -2.05. The Labute approximate surface area is 142 Å². The van der Waals surface area contributed by atoms with Crippen LogP contribution >= 0.6 is 0 Å². The van der Waals surface area contributed by atoms with Crippen LogP contribution in [0.3, 0.4) is 0 Å². The summed E-state index contributed by atoms with van der Waals surface area (Å²) >= 11 is 0. The molecule has 0 aliphatic heterocycles. The third kappa shape index (κ3) is 3.39. The van der Waals surface area contributed by atoms with E-state index in [-0.39, 0.29) is 22.4 Å². The molecule has 5 nitrogen and oxygen atoms in total. The molecule has 6 heteroatoms. The average Bonchev–Trinajstić information content (AvgIpc) is 3.40. The number of sulfonamides is 1. The van der Waals surface area contributed by atoms with Gasteiger partial charge in [0.15, 0.2) is 0 Å². The number of phenolic OH excluding ortho intramolecular Hbond substituents is 1. The topological polar surface area (TPSA) is 83.6 Å². The fourth-order valence-electron chi connectivity index (χ4n) is 2.85. The minimum absolute atomic E-state index is 0.0646. The molecule has 0 radical (unpaired) electrons. The molecule has 0 saturated heterocycles. The van der Waals surface area contributed by atoms with Gasteiger partial charge in [-0.05, 0) is 49.4 Å². The van der Waals surface area contributed by atoms with Crippen molar-refractivity contribution >= 4 is 15.7 Å². The molecule has 1 saturated carbocycles. The van der Waals surface area contributed by atoms with E-state index in [0.717, 1.165) is 18.4 Å². The Bertz CT molecular complexity index is 817. The van der Waals surface area contributed by atoms with E-state index in [0.29, 0.717) is 12.5 Å². The van der Waals surface area contributed by atoms with Gasteiger partial charge >= 0.3 is 0 Å². The van der Waals surface area contributed by atoms with Crippen molar-refractivity contribution < 1.29 is 13.5 Å². The predicted molar refractivity (Wildman–Crippen MR) is 93.9 cm³/mol. The standard InChI is InChI=1S/C18H22N2O3S/c1-13(15-7-8-15)20(12-14-5-3-2-4-6-14)24(22,23)16-9-10-18(21)17(19)11-16/h2-6,9-11,13,15,21H,7-8,12,19H2,1H3. The number of rotatable bonds is 6. The molecule has 1 unspecified atom stereocenters. The van der Waals surface area contributed by atoms with Gasteiger partial charge in [-0.15, -0.1) is 0 Å². The van der Waals surface area contributed by atoms with Gasteiger partial charge in [-0.1, -0.05) is 30.3 Å².